The van der Waals surface area contributed by atoms with Crippen molar-refractivity contribution >= 4 is 0 Å². The van der Waals surface area contributed by atoms with Crippen molar-refractivity contribution < 1.29 is 29.9 Å². The second-order valence-corrected chi connectivity index (χ2v) is 4.44. The Kier molecular flexibility index (Phi) is 4.87. The van der Waals surface area contributed by atoms with Gasteiger partial charge in [-0.25, -0.2) is 0 Å². The maximum absolute atomic E-state index is 9.91. The van der Waals surface area contributed by atoms with Crippen LogP contribution >= 0.6 is 0 Å². The summed E-state index contributed by atoms with van der Waals surface area (Å²) < 4.78 is 10.9. The minimum Gasteiger partial charge on any atom is -0.394 e. The van der Waals surface area contributed by atoms with Gasteiger partial charge in [0.2, 0.25) is 0 Å². The Bertz CT molecular complexity index is 384. The molecule has 0 saturated carbocycles. The van der Waals surface area contributed by atoms with Gasteiger partial charge in [0.15, 0.2) is 6.29 Å². The van der Waals surface area contributed by atoms with Gasteiger partial charge in [-0.15, -0.1) is 0 Å². The number of rotatable bonds is 4. The molecular weight excluding hydrogens is 252 g/mol. The maximum atomic E-state index is 9.91. The smallest absolute Gasteiger partial charge is 0.184 e. The standard InChI is InChI=1S/C13H18O6/c14-6-9(16)12-11(17)10(7-15)18-13(19-12)8-4-2-1-3-5-8/h1-5,9-17H,6-7H2/t9-,10+,11-,12-,13?/m1/s1. The van der Waals surface area contributed by atoms with E-state index in [0.717, 1.165) is 0 Å². The van der Waals surface area contributed by atoms with Crippen LogP contribution in [0.5, 0.6) is 0 Å². The van der Waals surface area contributed by atoms with Gasteiger partial charge in [-0.2, -0.15) is 0 Å². The summed E-state index contributed by atoms with van der Waals surface area (Å²) in [6.45, 7) is -0.941. The predicted octanol–water partition coefficient (Wildman–Crippen LogP) is -0.824. The Labute approximate surface area is 110 Å². The molecule has 1 fully saturated rings. The molecular formula is C13H18O6. The fraction of sp³-hybridized carbons (Fsp3) is 0.538. The number of aliphatic hydroxyl groups excluding tert-OH is 4. The van der Waals surface area contributed by atoms with Gasteiger partial charge >= 0.3 is 0 Å². The first-order valence-electron chi connectivity index (χ1n) is 6.11. The first-order chi connectivity index (χ1) is 9.17. The number of hydrogen-bond acceptors (Lipinski definition) is 6. The zero-order valence-corrected chi connectivity index (χ0v) is 10.3. The van der Waals surface area contributed by atoms with Gasteiger partial charge < -0.3 is 29.9 Å². The average molecular weight is 270 g/mol. The van der Waals surface area contributed by atoms with Gasteiger partial charge in [0.25, 0.3) is 0 Å². The number of benzene rings is 1. The number of ether oxygens (including phenoxy) is 2. The summed E-state index contributed by atoms with van der Waals surface area (Å²) in [5.41, 5.74) is 0.711. The van der Waals surface area contributed by atoms with Gasteiger partial charge in [0.05, 0.1) is 13.2 Å². The molecule has 1 aromatic rings. The summed E-state index contributed by atoms with van der Waals surface area (Å²) >= 11 is 0. The third-order valence-electron chi connectivity index (χ3n) is 3.11. The van der Waals surface area contributed by atoms with Crippen LogP contribution in [0.4, 0.5) is 0 Å². The van der Waals surface area contributed by atoms with E-state index >= 15 is 0 Å². The van der Waals surface area contributed by atoms with Crippen LogP contribution in [0.2, 0.25) is 0 Å². The van der Waals surface area contributed by atoms with Crippen LogP contribution < -0.4 is 0 Å². The summed E-state index contributed by atoms with van der Waals surface area (Å²) in [4.78, 5) is 0. The average Bonchev–Trinajstić information content (AvgIpc) is 2.47. The van der Waals surface area contributed by atoms with Crippen molar-refractivity contribution in [1.82, 2.24) is 0 Å². The summed E-state index contributed by atoms with van der Waals surface area (Å²) in [6.07, 6.45) is -5.12. The first-order valence-corrected chi connectivity index (χ1v) is 6.11. The molecule has 6 nitrogen and oxygen atoms in total. The molecule has 1 heterocycles. The van der Waals surface area contributed by atoms with Crippen LogP contribution in [0.1, 0.15) is 11.9 Å². The quantitative estimate of drug-likeness (QED) is 0.570. The highest BCUT2D eigenvalue weighted by Gasteiger charge is 2.42. The van der Waals surface area contributed by atoms with Crippen molar-refractivity contribution in [3.8, 4) is 0 Å². The Balaban J connectivity index is 2.18. The first kappa shape index (κ1) is 14.4. The molecule has 1 aliphatic rings. The van der Waals surface area contributed by atoms with Crippen molar-refractivity contribution in [3.63, 3.8) is 0 Å². The minimum atomic E-state index is -1.24. The normalized spacial score (nSPS) is 33.1. The van der Waals surface area contributed by atoms with Gasteiger partial charge in [0, 0.05) is 5.56 Å². The van der Waals surface area contributed by atoms with E-state index in [-0.39, 0.29) is 0 Å². The monoisotopic (exact) mass is 270 g/mol. The Morgan fingerprint density at radius 2 is 1.79 bits per heavy atom. The summed E-state index contributed by atoms with van der Waals surface area (Å²) in [5, 5.41) is 37.8. The second kappa shape index (κ2) is 6.42. The van der Waals surface area contributed by atoms with E-state index in [2.05, 4.69) is 0 Å². The Morgan fingerprint density at radius 3 is 2.37 bits per heavy atom. The molecule has 2 rings (SSSR count). The lowest BCUT2D eigenvalue weighted by molar-refractivity contribution is -0.310. The molecule has 0 amide bonds. The van der Waals surface area contributed by atoms with Gasteiger partial charge in [-0.05, 0) is 0 Å². The van der Waals surface area contributed by atoms with Gasteiger partial charge in [-0.3, -0.25) is 0 Å². The van der Waals surface area contributed by atoms with Crippen molar-refractivity contribution in [2.24, 2.45) is 0 Å². The van der Waals surface area contributed by atoms with E-state index < -0.39 is 43.9 Å². The van der Waals surface area contributed by atoms with Gasteiger partial charge in [0.1, 0.15) is 24.4 Å². The van der Waals surface area contributed by atoms with Crippen LogP contribution in [-0.4, -0.2) is 58.1 Å². The van der Waals surface area contributed by atoms with E-state index in [0.29, 0.717) is 5.56 Å². The SMILES string of the molecule is OC[C@@H](O)[C@H]1OC(c2ccccc2)O[C@@H](CO)[C@H]1O. The van der Waals surface area contributed by atoms with E-state index in [1.807, 2.05) is 6.07 Å². The van der Waals surface area contributed by atoms with Crippen molar-refractivity contribution in [3.05, 3.63) is 35.9 Å². The second-order valence-electron chi connectivity index (χ2n) is 4.44. The Morgan fingerprint density at radius 1 is 1.11 bits per heavy atom. The molecule has 1 aromatic carbocycles. The highest BCUT2D eigenvalue weighted by molar-refractivity contribution is 5.16. The van der Waals surface area contributed by atoms with E-state index in [1.165, 1.54) is 0 Å². The van der Waals surface area contributed by atoms with Crippen molar-refractivity contribution in [1.29, 1.82) is 0 Å². The maximum Gasteiger partial charge on any atom is 0.184 e. The molecule has 1 aliphatic heterocycles. The third kappa shape index (κ3) is 3.11. The van der Waals surface area contributed by atoms with Gasteiger partial charge in [-0.1, -0.05) is 30.3 Å². The largest absolute Gasteiger partial charge is 0.394 e. The van der Waals surface area contributed by atoms with E-state index in [1.54, 1.807) is 24.3 Å². The number of aliphatic hydroxyl groups is 4. The zero-order chi connectivity index (χ0) is 13.8. The van der Waals surface area contributed by atoms with Crippen molar-refractivity contribution in [2.45, 2.75) is 30.7 Å². The Hall–Kier alpha value is -1.02. The lowest BCUT2D eigenvalue weighted by atomic mass is 10.0. The molecule has 0 aromatic heterocycles. The fourth-order valence-corrected chi connectivity index (χ4v) is 2.05. The molecule has 6 heteroatoms. The lowest BCUT2D eigenvalue weighted by Crippen LogP contribution is -2.54. The molecule has 106 valence electrons. The molecule has 0 bridgehead atoms. The molecule has 1 unspecified atom stereocenters. The molecule has 0 radical (unpaired) electrons. The molecule has 1 saturated heterocycles. The third-order valence-corrected chi connectivity index (χ3v) is 3.11. The number of hydrogen-bond donors (Lipinski definition) is 4. The topological polar surface area (TPSA) is 99.4 Å². The summed E-state index contributed by atoms with van der Waals surface area (Å²) in [7, 11) is 0. The summed E-state index contributed by atoms with van der Waals surface area (Å²) in [5.74, 6) is 0. The molecule has 5 atom stereocenters. The van der Waals surface area contributed by atoms with Crippen LogP contribution in [0.3, 0.4) is 0 Å². The molecule has 4 N–H and O–H groups in total. The van der Waals surface area contributed by atoms with Crippen LogP contribution in [0.15, 0.2) is 30.3 Å². The highest BCUT2D eigenvalue weighted by Crippen LogP contribution is 2.31. The van der Waals surface area contributed by atoms with E-state index in [9.17, 15) is 15.3 Å². The van der Waals surface area contributed by atoms with E-state index in [4.69, 9.17) is 14.6 Å². The lowest BCUT2D eigenvalue weighted by Gasteiger charge is -2.40. The molecule has 0 aliphatic carbocycles. The molecule has 0 spiro atoms. The van der Waals surface area contributed by atoms with Crippen LogP contribution in [-0.2, 0) is 9.47 Å². The van der Waals surface area contributed by atoms with Crippen LogP contribution in [0.25, 0.3) is 0 Å². The predicted molar refractivity (Wildman–Crippen MR) is 65.1 cm³/mol. The molecule has 19 heavy (non-hydrogen) atoms. The van der Waals surface area contributed by atoms with Crippen molar-refractivity contribution in [2.75, 3.05) is 13.2 Å². The van der Waals surface area contributed by atoms with Crippen LogP contribution in [0, 0.1) is 0 Å². The minimum absolute atomic E-state index is 0.400. The summed E-state index contributed by atoms with van der Waals surface area (Å²) in [6, 6.07) is 9.00. The zero-order valence-electron chi connectivity index (χ0n) is 10.3. The highest BCUT2D eigenvalue weighted by atomic mass is 16.7. The fourth-order valence-electron chi connectivity index (χ4n) is 2.05.